The Morgan fingerprint density at radius 3 is 2.80 bits per heavy atom. The van der Waals surface area contributed by atoms with Crippen LogP contribution in [0, 0.1) is 6.92 Å². The van der Waals surface area contributed by atoms with Gasteiger partial charge in [-0.1, -0.05) is 24.6 Å². The fourth-order valence-electron chi connectivity index (χ4n) is 1.91. The van der Waals surface area contributed by atoms with Gasteiger partial charge < -0.3 is 10.5 Å². The molecule has 0 aliphatic carbocycles. The van der Waals surface area contributed by atoms with Crippen LogP contribution in [0.15, 0.2) is 36.5 Å². The van der Waals surface area contributed by atoms with Crippen molar-refractivity contribution >= 4 is 11.6 Å². The Balaban J connectivity index is 2.30. The maximum atomic E-state index is 6.07. The van der Waals surface area contributed by atoms with Gasteiger partial charge in [0.05, 0.1) is 5.69 Å². The first kappa shape index (κ1) is 14.8. The van der Waals surface area contributed by atoms with Gasteiger partial charge in [0.25, 0.3) is 0 Å². The minimum absolute atomic E-state index is 0.119. The van der Waals surface area contributed by atoms with Gasteiger partial charge in [0, 0.05) is 17.3 Å². The summed E-state index contributed by atoms with van der Waals surface area (Å²) in [6.45, 7) is 3.99. The largest absolute Gasteiger partial charge is 0.455 e. The van der Waals surface area contributed by atoms with Crippen molar-refractivity contribution in [2.24, 2.45) is 5.73 Å². The molecule has 0 saturated heterocycles. The van der Waals surface area contributed by atoms with Gasteiger partial charge in [0.15, 0.2) is 0 Å². The maximum absolute atomic E-state index is 6.07. The number of halogens is 1. The number of aryl methyl sites for hydroxylation is 1. The topological polar surface area (TPSA) is 48.1 Å². The molecule has 0 bridgehead atoms. The van der Waals surface area contributed by atoms with Crippen LogP contribution in [-0.2, 0) is 6.42 Å². The van der Waals surface area contributed by atoms with Crippen LogP contribution in [0.4, 0.5) is 0 Å². The van der Waals surface area contributed by atoms with Crippen molar-refractivity contribution in [3.05, 3.63) is 52.8 Å². The number of hydrogen-bond acceptors (Lipinski definition) is 3. The Morgan fingerprint density at radius 2 is 2.10 bits per heavy atom. The Morgan fingerprint density at radius 1 is 1.30 bits per heavy atom. The maximum Gasteiger partial charge on any atom is 0.148 e. The molecule has 2 rings (SSSR count). The molecule has 1 aromatic carbocycles. The minimum Gasteiger partial charge on any atom is -0.455 e. The van der Waals surface area contributed by atoms with Crippen LogP contribution >= 0.6 is 11.6 Å². The lowest BCUT2D eigenvalue weighted by atomic mass is 10.0. The second-order valence-corrected chi connectivity index (χ2v) is 5.25. The van der Waals surface area contributed by atoms with Crippen molar-refractivity contribution in [3.63, 3.8) is 0 Å². The highest BCUT2D eigenvalue weighted by atomic mass is 35.5. The summed E-state index contributed by atoms with van der Waals surface area (Å²) in [5.74, 6) is 1.48. The van der Waals surface area contributed by atoms with E-state index in [2.05, 4.69) is 11.9 Å². The standard InChI is InChI=1S/C16H19ClN2O/c1-3-14(18)9-12-6-7-13(17)10-16(12)20-15-5-4-8-19-11(15)2/h4-8,10,14H,3,9,18H2,1-2H3. The fraction of sp³-hybridized carbons (Fsp3) is 0.312. The van der Waals surface area contributed by atoms with Crippen molar-refractivity contribution < 1.29 is 4.74 Å². The zero-order valence-corrected chi connectivity index (χ0v) is 12.5. The Bertz CT molecular complexity index is 586. The first-order valence-electron chi connectivity index (χ1n) is 6.73. The molecule has 0 saturated carbocycles. The van der Waals surface area contributed by atoms with Crippen molar-refractivity contribution in [2.45, 2.75) is 32.7 Å². The van der Waals surface area contributed by atoms with Crippen LogP contribution in [-0.4, -0.2) is 11.0 Å². The molecule has 0 fully saturated rings. The molecule has 2 aromatic rings. The number of rotatable bonds is 5. The van der Waals surface area contributed by atoms with E-state index in [1.165, 1.54) is 0 Å². The van der Waals surface area contributed by atoms with Gasteiger partial charge in [-0.05, 0) is 49.6 Å². The van der Waals surface area contributed by atoms with E-state index in [0.717, 1.165) is 35.6 Å². The molecule has 2 N–H and O–H groups in total. The Labute approximate surface area is 124 Å². The summed E-state index contributed by atoms with van der Waals surface area (Å²) < 4.78 is 5.96. The summed E-state index contributed by atoms with van der Waals surface area (Å²) in [5.41, 5.74) is 7.94. The normalized spacial score (nSPS) is 12.2. The van der Waals surface area contributed by atoms with Crippen LogP contribution in [0.5, 0.6) is 11.5 Å². The summed E-state index contributed by atoms with van der Waals surface area (Å²) >= 11 is 6.07. The molecular formula is C16H19ClN2O. The lowest BCUT2D eigenvalue weighted by Crippen LogP contribution is -2.21. The van der Waals surface area contributed by atoms with Gasteiger partial charge in [0.2, 0.25) is 0 Å². The summed E-state index contributed by atoms with van der Waals surface area (Å²) in [6, 6.07) is 9.53. The van der Waals surface area contributed by atoms with Crippen molar-refractivity contribution in [2.75, 3.05) is 0 Å². The van der Waals surface area contributed by atoms with E-state index in [9.17, 15) is 0 Å². The molecule has 20 heavy (non-hydrogen) atoms. The summed E-state index contributed by atoms with van der Waals surface area (Å²) in [4.78, 5) is 4.22. The smallest absolute Gasteiger partial charge is 0.148 e. The third-order valence-electron chi connectivity index (χ3n) is 3.21. The molecule has 106 valence electrons. The monoisotopic (exact) mass is 290 g/mol. The zero-order valence-electron chi connectivity index (χ0n) is 11.8. The third-order valence-corrected chi connectivity index (χ3v) is 3.45. The van der Waals surface area contributed by atoms with Gasteiger partial charge in [-0.25, -0.2) is 0 Å². The number of benzene rings is 1. The lowest BCUT2D eigenvalue weighted by molar-refractivity contribution is 0.466. The molecule has 3 nitrogen and oxygen atoms in total. The molecule has 0 spiro atoms. The van der Waals surface area contributed by atoms with Gasteiger partial charge in [-0.2, -0.15) is 0 Å². The van der Waals surface area contributed by atoms with E-state index in [4.69, 9.17) is 22.1 Å². The van der Waals surface area contributed by atoms with Crippen molar-refractivity contribution in [1.82, 2.24) is 4.98 Å². The average Bonchev–Trinajstić information content (AvgIpc) is 2.44. The molecule has 0 aliphatic rings. The molecular weight excluding hydrogens is 272 g/mol. The SMILES string of the molecule is CCC(N)Cc1ccc(Cl)cc1Oc1cccnc1C. The number of hydrogen-bond donors (Lipinski definition) is 1. The number of nitrogens with two attached hydrogens (primary N) is 1. The van der Waals surface area contributed by atoms with Gasteiger partial charge in [-0.15, -0.1) is 0 Å². The molecule has 0 amide bonds. The van der Waals surface area contributed by atoms with Crippen LogP contribution in [0.25, 0.3) is 0 Å². The van der Waals surface area contributed by atoms with Crippen LogP contribution in [0.2, 0.25) is 5.02 Å². The van der Waals surface area contributed by atoms with Crippen molar-refractivity contribution in [3.8, 4) is 11.5 Å². The van der Waals surface area contributed by atoms with Crippen molar-refractivity contribution in [1.29, 1.82) is 0 Å². The highest BCUT2D eigenvalue weighted by Crippen LogP contribution is 2.30. The van der Waals surface area contributed by atoms with E-state index in [0.29, 0.717) is 5.02 Å². The molecule has 1 unspecified atom stereocenters. The van der Waals surface area contributed by atoms with E-state index in [1.54, 1.807) is 6.20 Å². The molecule has 1 aromatic heterocycles. The molecule has 4 heteroatoms. The van der Waals surface area contributed by atoms with E-state index in [1.807, 2.05) is 37.3 Å². The van der Waals surface area contributed by atoms with Gasteiger partial charge in [0.1, 0.15) is 11.5 Å². The zero-order chi connectivity index (χ0) is 14.5. The minimum atomic E-state index is 0.119. The Hall–Kier alpha value is -1.58. The first-order valence-corrected chi connectivity index (χ1v) is 7.11. The Kier molecular flexibility index (Phi) is 4.99. The number of ether oxygens (including phenoxy) is 1. The van der Waals surface area contributed by atoms with Crippen LogP contribution in [0.1, 0.15) is 24.6 Å². The van der Waals surface area contributed by atoms with E-state index in [-0.39, 0.29) is 6.04 Å². The molecule has 0 aliphatic heterocycles. The first-order chi connectivity index (χ1) is 9.60. The number of aromatic nitrogens is 1. The molecule has 0 radical (unpaired) electrons. The average molecular weight is 291 g/mol. The highest BCUT2D eigenvalue weighted by molar-refractivity contribution is 6.30. The second-order valence-electron chi connectivity index (χ2n) is 4.81. The van der Waals surface area contributed by atoms with Crippen LogP contribution in [0.3, 0.4) is 0 Å². The number of pyridine rings is 1. The highest BCUT2D eigenvalue weighted by Gasteiger charge is 2.11. The third kappa shape index (κ3) is 3.71. The summed E-state index contributed by atoms with van der Waals surface area (Å²) in [7, 11) is 0. The quantitative estimate of drug-likeness (QED) is 0.901. The van der Waals surface area contributed by atoms with E-state index < -0.39 is 0 Å². The van der Waals surface area contributed by atoms with Gasteiger partial charge in [-0.3, -0.25) is 4.98 Å². The molecule has 1 heterocycles. The molecule has 1 atom stereocenters. The second kappa shape index (κ2) is 6.73. The number of nitrogens with zero attached hydrogens (tertiary/aromatic N) is 1. The summed E-state index contributed by atoms with van der Waals surface area (Å²) in [5, 5.41) is 0.648. The predicted octanol–water partition coefficient (Wildman–Crippen LogP) is 4.12. The van der Waals surface area contributed by atoms with E-state index >= 15 is 0 Å². The fourth-order valence-corrected chi connectivity index (χ4v) is 2.08. The lowest BCUT2D eigenvalue weighted by Gasteiger charge is -2.15. The van der Waals surface area contributed by atoms with Crippen LogP contribution < -0.4 is 10.5 Å². The van der Waals surface area contributed by atoms with Gasteiger partial charge >= 0.3 is 0 Å². The predicted molar refractivity (Wildman–Crippen MR) is 82.5 cm³/mol. The summed E-state index contributed by atoms with van der Waals surface area (Å²) in [6.07, 6.45) is 3.43.